The SMILES string of the molecule is COC(=O)c1ccc(CCN2C(=O)CCC2C=CC(O)C2(c3cccc(F)c3)CCCC2)cc1. The molecule has 2 unspecified atom stereocenters. The second-order valence-corrected chi connectivity index (χ2v) is 9.33. The predicted octanol–water partition coefficient (Wildman–Crippen LogP) is 4.57. The first-order valence-electron chi connectivity index (χ1n) is 12.0. The number of likely N-dealkylation sites (tertiary alicyclic amines) is 1. The summed E-state index contributed by atoms with van der Waals surface area (Å²) in [4.78, 5) is 26.0. The van der Waals surface area contributed by atoms with Gasteiger partial charge in [-0.15, -0.1) is 0 Å². The molecule has 2 atom stereocenters. The highest BCUT2D eigenvalue weighted by atomic mass is 19.1. The van der Waals surface area contributed by atoms with Crippen molar-refractivity contribution in [3.63, 3.8) is 0 Å². The Kier molecular flexibility index (Phi) is 7.47. The van der Waals surface area contributed by atoms with Crippen molar-refractivity contribution in [1.29, 1.82) is 0 Å². The Balaban J connectivity index is 1.43. The molecule has 1 amide bonds. The lowest BCUT2D eigenvalue weighted by molar-refractivity contribution is -0.128. The average molecular weight is 466 g/mol. The molecule has 1 saturated heterocycles. The van der Waals surface area contributed by atoms with Crippen LogP contribution in [0.1, 0.15) is 60.0 Å². The van der Waals surface area contributed by atoms with Crippen LogP contribution in [0.2, 0.25) is 0 Å². The molecule has 0 spiro atoms. The number of ether oxygens (including phenoxy) is 1. The van der Waals surface area contributed by atoms with Gasteiger partial charge in [-0.3, -0.25) is 4.79 Å². The van der Waals surface area contributed by atoms with Gasteiger partial charge in [0.15, 0.2) is 0 Å². The molecule has 1 saturated carbocycles. The number of aliphatic hydroxyl groups is 1. The zero-order valence-corrected chi connectivity index (χ0v) is 19.6. The van der Waals surface area contributed by atoms with E-state index in [1.807, 2.05) is 35.3 Å². The van der Waals surface area contributed by atoms with E-state index in [4.69, 9.17) is 4.74 Å². The number of rotatable bonds is 8. The van der Waals surface area contributed by atoms with Crippen LogP contribution in [0, 0.1) is 5.82 Å². The molecule has 1 aliphatic heterocycles. The van der Waals surface area contributed by atoms with Gasteiger partial charge in [-0.2, -0.15) is 0 Å². The monoisotopic (exact) mass is 465 g/mol. The fourth-order valence-electron chi connectivity index (χ4n) is 5.40. The first-order chi connectivity index (χ1) is 16.4. The third-order valence-corrected chi connectivity index (χ3v) is 7.37. The Morgan fingerprint density at radius 3 is 2.65 bits per heavy atom. The molecule has 2 fully saturated rings. The number of aliphatic hydroxyl groups excluding tert-OH is 1. The summed E-state index contributed by atoms with van der Waals surface area (Å²) in [6, 6.07) is 13.7. The number of hydrogen-bond acceptors (Lipinski definition) is 4. The van der Waals surface area contributed by atoms with Crippen LogP contribution in [-0.4, -0.2) is 47.7 Å². The van der Waals surface area contributed by atoms with Crippen LogP contribution >= 0.6 is 0 Å². The number of nitrogens with zero attached hydrogens (tertiary/aromatic N) is 1. The van der Waals surface area contributed by atoms with Gasteiger partial charge in [-0.1, -0.05) is 49.3 Å². The van der Waals surface area contributed by atoms with E-state index in [9.17, 15) is 19.1 Å². The Labute approximate surface area is 200 Å². The number of halogens is 1. The molecule has 4 rings (SSSR count). The summed E-state index contributed by atoms with van der Waals surface area (Å²) in [6.07, 6.45) is 8.56. The molecule has 0 radical (unpaired) electrons. The van der Waals surface area contributed by atoms with Crippen molar-refractivity contribution in [2.75, 3.05) is 13.7 Å². The second kappa shape index (κ2) is 10.5. The minimum atomic E-state index is -0.736. The number of amides is 1. The minimum Gasteiger partial charge on any atom is -0.465 e. The Morgan fingerprint density at radius 2 is 1.97 bits per heavy atom. The van der Waals surface area contributed by atoms with Crippen LogP contribution < -0.4 is 0 Å². The molecule has 1 N–H and O–H groups in total. The number of esters is 1. The molecular formula is C28H32FNO4. The van der Waals surface area contributed by atoms with Crippen molar-refractivity contribution >= 4 is 11.9 Å². The Bertz CT molecular complexity index is 1040. The fourth-order valence-corrected chi connectivity index (χ4v) is 5.40. The van der Waals surface area contributed by atoms with Gasteiger partial charge in [0.25, 0.3) is 0 Å². The molecule has 5 nitrogen and oxygen atoms in total. The highest BCUT2D eigenvalue weighted by molar-refractivity contribution is 5.89. The van der Waals surface area contributed by atoms with E-state index in [2.05, 4.69) is 0 Å². The summed E-state index contributed by atoms with van der Waals surface area (Å²) in [5.41, 5.74) is 1.90. The van der Waals surface area contributed by atoms with E-state index in [1.165, 1.54) is 13.2 Å². The maximum atomic E-state index is 13.9. The fraction of sp³-hybridized carbons (Fsp3) is 0.429. The number of methoxy groups -OCH3 is 1. The van der Waals surface area contributed by atoms with Gasteiger partial charge >= 0.3 is 5.97 Å². The van der Waals surface area contributed by atoms with E-state index < -0.39 is 11.5 Å². The van der Waals surface area contributed by atoms with Crippen LogP contribution in [0.5, 0.6) is 0 Å². The number of carbonyl (C=O) groups is 2. The van der Waals surface area contributed by atoms with Crippen LogP contribution in [0.25, 0.3) is 0 Å². The molecular weight excluding hydrogens is 433 g/mol. The minimum absolute atomic E-state index is 0.0672. The predicted molar refractivity (Wildman–Crippen MR) is 128 cm³/mol. The molecule has 180 valence electrons. The first-order valence-corrected chi connectivity index (χ1v) is 12.0. The maximum Gasteiger partial charge on any atom is 0.337 e. The third kappa shape index (κ3) is 5.07. The van der Waals surface area contributed by atoms with Gasteiger partial charge in [-0.05, 0) is 61.1 Å². The van der Waals surface area contributed by atoms with Gasteiger partial charge in [0.05, 0.1) is 24.8 Å². The smallest absolute Gasteiger partial charge is 0.337 e. The number of benzene rings is 2. The van der Waals surface area contributed by atoms with Gasteiger partial charge in [0, 0.05) is 18.4 Å². The van der Waals surface area contributed by atoms with E-state index in [-0.39, 0.29) is 23.7 Å². The molecule has 0 bridgehead atoms. The highest BCUT2D eigenvalue weighted by Crippen LogP contribution is 2.44. The number of hydrogen-bond donors (Lipinski definition) is 1. The standard InChI is InChI=1S/C28H32FNO4/c1-34-27(33)21-9-7-20(8-10-21)15-18-30-24(12-14-26(30)32)11-13-25(31)28(16-2-3-17-28)22-5-4-6-23(29)19-22/h4-11,13,19,24-25,31H,2-3,12,14-18H2,1H3. The van der Waals surface area contributed by atoms with Crippen LogP contribution in [0.15, 0.2) is 60.7 Å². The summed E-state index contributed by atoms with van der Waals surface area (Å²) in [5, 5.41) is 11.2. The van der Waals surface area contributed by atoms with Crippen molar-refractivity contribution in [1.82, 2.24) is 4.90 Å². The Hall–Kier alpha value is -2.99. The molecule has 2 aromatic carbocycles. The van der Waals surface area contributed by atoms with E-state index in [0.717, 1.165) is 43.2 Å². The summed E-state index contributed by atoms with van der Waals surface area (Å²) >= 11 is 0. The van der Waals surface area contributed by atoms with Gasteiger partial charge < -0.3 is 14.7 Å². The topological polar surface area (TPSA) is 66.8 Å². The van der Waals surface area contributed by atoms with Crippen molar-refractivity contribution in [2.24, 2.45) is 0 Å². The molecule has 2 aromatic rings. The number of carbonyl (C=O) groups excluding carboxylic acids is 2. The normalized spacial score (nSPS) is 20.7. The summed E-state index contributed by atoms with van der Waals surface area (Å²) in [7, 11) is 1.35. The molecule has 1 heterocycles. The summed E-state index contributed by atoms with van der Waals surface area (Å²) < 4.78 is 18.6. The van der Waals surface area contributed by atoms with Crippen molar-refractivity contribution in [3.05, 3.63) is 83.2 Å². The van der Waals surface area contributed by atoms with Crippen molar-refractivity contribution in [2.45, 2.75) is 62.5 Å². The van der Waals surface area contributed by atoms with Crippen LogP contribution in [-0.2, 0) is 21.4 Å². The van der Waals surface area contributed by atoms with Gasteiger partial charge in [0.2, 0.25) is 5.91 Å². The van der Waals surface area contributed by atoms with Gasteiger partial charge in [-0.25, -0.2) is 9.18 Å². The molecule has 0 aromatic heterocycles. The Morgan fingerprint density at radius 1 is 1.24 bits per heavy atom. The third-order valence-electron chi connectivity index (χ3n) is 7.37. The second-order valence-electron chi connectivity index (χ2n) is 9.33. The van der Waals surface area contributed by atoms with E-state index >= 15 is 0 Å². The quantitative estimate of drug-likeness (QED) is 0.458. The largest absolute Gasteiger partial charge is 0.465 e. The lowest BCUT2D eigenvalue weighted by Gasteiger charge is -2.34. The van der Waals surface area contributed by atoms with Crippen molar-refractivity contribution in [3.8, 4) is 0 Å². The van der Waals surface area contributed by atoms with Crippen molar-refractivity contribution < 1.29 is 23.8 Å². The zero-order valence-electron chi connectivity index (χ0n) is 19.6. The van der Waals surface area contributed by atoms with E-state index in [0.29, 0.717) is 24.9 Å². The lowest BCUT2D eigenvalue weighted by Crippen LogP contribution is -2.37. The summed E-state index contributed by atoms with van der Waals surface area (Å²) in [6.45, 7) is 0.566. The average Bonchev–Trinajstić information content (AvgIpc) is 3.49. The lowest BCUT2D eigenvalue weighted by atomic mass is 9.74. The van der Waals surface area contributed by atoms with Crippen LogP contribution in [0.4, 0.5) is 4.39 Å². The summed E-state index contributed by atoms with van der Waals surface area (Å²) in [5.74, 6) is -0.550. The molecule has 6 heteroatoms. The highest BCUT2D eigenvalue weighted by Gasteiger charge is 2.41. The molecule has 1 aliphatic carbocycles. The molecule has 34 heavy (non-hydrogen) atoms. The zero-order chi connectivity index (χ0) is 24.1. The maximum absolute atomic E-state index is 13.9. The molecule has 2 aliphatic rings. The first kappa shape index (κ1) is 24.1. The van der Waals surface area contributed by atoms with Crippen LogP contribution in [0.3, 0.4) is 0 Å². The van der Waals surface area contributed by atoms with E-state index in [1.54, 1.807) is 24.3 Å². The van der Waals surface area contributed by atoms with Gasteiger partial charge in [0.1, 0.15) is 5.82 Å².